The first-order valence-electron chi connectivity index (χ1n) is 6.68. The highest BCUT2D eigenvalue weighted by molar-refractivity contribution is 6.32. The van der Waals surface area contributed by atoms with Crippen molar-refractivity contribution in [1.82, 2.24) is 5.32 Å². The van der Waals surface area contributed by atoms with Crippen molar-refractivity contribution in [1.29, 1.82) is 0 Å². The van der Waals surface area contributed by atoms with Crippen LogP contribution in [0.1, 0.15) is 31.2 Å². The van der Waals surface area contributed by atoms with E-state index in [2.05, 4.69) is 5.32 Å². The minimum atomic E-state index is -0.502. The van der Waals surface area contributed by atoms with Crippen molar-refractivity contribution in [2.24, 2.45) is 0 Å². The van der Waals surface area contributed by atoms with Crippen molar-refractivity contribution in [3.8, 4) is 0 Å². The van der Waals surface area contributed by atoms with Crippen LogP contribution in [-0.4, -0.2) is 23.2 Å². The Hall–Kier alpha value is -1.39. The molecule has 0 radical (unpaired) electrons. The fourth-order valence-electron chi connectivity index (χ4n) is 2.34. The van der Waals surface area contributed by atoms with Gasteiger partial charge in [-0.25, -0.2) is 4.39 Å². The van der Waals surface area contributed by atoms with Gasteiger partial charge in [0.05, 0.1) is 17.2 Å². The van der Waals surface area contributed by atoms with Crippen LogP contribution < -0.4 is 5.32 Å². The Balaban J connectivity index is 1.99. The van der Waals surface area contributed by atoms with Crippen LogP contribution in [0.15, 0.2) is 24.3 Å². The predicted molar refractivity (Wildman–Crippen MR) is 76.8 cm³/mol. The third kappa shape index (κ3) is 3.81. The lowest BCUT2D eigenvalue weighted by Crippen LogP contribution is -2.44. The zero-order valence-corrected chi connectivity index (χ0v) is 11.7. The Labute approximate surface area is 122 Å². The second-order valence-electron chi connectivity index (χ2n) is 4.94. The summed E-state index contributed by atoms with van der Waals surface area (Å²) in [6.07, 6.45) is 5.53. The largest absolute Gasteiger partial charge is 0.391 e. The van der Waals surface area contributed by atoms with Gasteiger partial charge in [-0.2, -0.15) is 0 Å². The quantitative estimate of drug-likeness (QED) is 0.843. The number of carbonyl (C=O) groups excluding carboxylic acids is 1. The van der Waals surface area contributed by atoms with E-state index in [0.717, 1.165) is 19.3 Å². The maximum atomic E-state index is 13.5. The van der Waals surface area contributed by atoms with Crippen LogP contribution in [0.2, 0.25) is 5.02 Å². The van der Waals surface area contributed by atoms with Gasteiger partial charge in [0, 0.05) is 11.6 Å². The van der Waals surface area contributed by atoms with Gasteiger partial charge in [0.25, 0.3) is 0 Å². The monoisotopic (exact) mass is 297 g/mol. The second kappa shape index (κ2) is 6.86. The van der Waals surface area contributed by atoms with Crippen LogP contribution >= 0.6 is 11.6 Å². The Kier molecular flexibility index (Phi) is 5.15. The van der Waals surface area contributed by atoms with Gasteiger partial charge >= 0.3 is 0 Å². The standard InChI is InChI=1S/C15H17ClFNO2/c16-11-4-3-5-12(17)10(11)8-9-15(20)18-13-6-1-2-7-14(13)19/h3-5,8-9,13-14,19H,1-2,6-7H2,(H,18,20). The summed E-state index contributed by atoms with van der Waals surface area (Å²) < 4.78 is 13.5. The lowest BCUT2D eigenvalue weighted by atomic mass is 9.92. The van der Waals surface area contributed by atoms with E-state index in [-0.39, 0.29) is 22.5 Å². The Morgan fingerprint density at radius 1 is 1.40 bits per heavy atom. The summed E-state index contributed by atoms with van der Waals surface area (Å²) in [4.78, 5) is 11.8. The molecule has 0 aliphatic heterocycles. The highest BCUT2D eigenvalue weighted by Crippen LogP contribution is 2.21. The van der Waals surface area contributed by atoms with E-state index in [0.29, 0.717) is 6.42 Å². The highest BCUT2D eigenvalue weighted by atomic mass is 35.5. The zero-order valence-electron chi connectivity index (χ0n) is 11.0. The molecule has 1 aromatic rings. The van der Waals surface area contributed by atoms with Gasteiger partial charge in [-0.1, -0.05) is 30.5 Å². The summed E-state index contributed by atoms with van der Waals surface area (Å²) in [5.74, 6) is -0.825. The Bertz CT molecular complexity index is 498. The molecule has 0 heterocycles. The summed E-state index contributed by atoms with van der Waals surface area (Å²) in [5.41, 5.74) is 0.188. The molecule has 2 rings (SSSR count). The van der Waals surface area contributed by atoms with Gasteiger partial charge in [0.2, 0.25) is 5.91 Å². The first-order chi connectivity index (χ1) is 9.58. The number of aliphatic hydroxyl groups excluding tert-OH is 1. The summed E-state index contributed by atoms with van der Waals surface area (Å²) in [5, 5.41) is 12.8. The second-order valence-corrected chi connectivity index (χ2v) is 5.34. The Morgan fingerprint density at radius 3 is 2.85 bits per heavy atom. The number of halogens is 2. The van der Waals surface area contributed by atoms with E-state index in [1.54, 1.807) is 6.07 Å². The molecule has 0 aromatic heterocycles. The van der Waals surface area contributed by atoms with Gasteiger partial charge in [-0.05, 0) is 31.1 Å². The summed E-state index contributed by atoms with van der Waals surface area (Å²) in [6, 6.07) is 4.13. The van der Waals surface area contributed by atoms with Gasteiger partial charge in [0.15, 0.2) is 0 Å². The average Bonchev–Trinajstić information content (AvgIpc) is 2.41. The summed E-state index contributed by atoms with van der Waals surface area (Å²) in [6.45, 7) is 0. The molecule has 3 nitrogen and oxygen atoms in total. The number of carbonyl (C=O) groups is 1. The fraction of sp³-hybridized carbons (Fsp3) is 0.400. The molecule has 2 N–H and O–H groups in total. The minimum Gasteiger partial charge on any atom is -0.391 e. The first kappa shape index (κ1) is 15.0. The molecule has 0 spiro atoms. The van der Waals surface area contributed by atoms with Crippen molar-refractivity contribution >= 4 is 23.6 Å². The van der Waals surface area contributed by atoms with Gasteiger partial charge < -0.3 is 10.4 Å². The van der Waals surface area contributed by atoms with Gasteiger partial charge in [0.1, 0.15) is 5.82 Å². The fourth-order valence-corrected chi connectivity index (χ4v) is 2.57. The van der Waals surface area contributed by atoms with Crippen LogP contribution in [0.4, 0.5) is 4.39 Å². The van der Waals surface area contributed by atoms with Crippen LogP contribution in [0, 0.1) is 5.82 Å². The van der Waals surface area contributed by atoms with Crippen molar-refractivity contribution in [2.75, 3.05) is 0 Å². The maximum absolute atomic E-state index is 13.5. The van der Waals surface area contributed by atoms with Crippen molar-refractivity contribution in [3.05, 3.63) is 40.7 Å². The van der Waals surface area contributed by atoms with Crippen LogP contribution in [-0.2, 0) is 4.79 Å². The molecular formula is C15H17ClFNO2. The van der Waals surface area contributed by atoms with Gasteiger partial charge in [-0.3, -0.25) is 4.79 Å². The zero-order chi connectivity index (χ0) is 14.5. The van der Waals surface area contributed by atoms with Gasteiger partial charge in [-0.15, -0.1) is 0 Å². The van der Waals surface area contributed by atoms with Crippen LogP contribution in [0.3, 0.4) is 0 Å². The first-order valence-corrected chi connectivity index (χ1v) is 7.06. The lowest BCUT2D eigenvalue weighted by Gasteiger charge is -2.27. The third-order valence-corrected chi connectivity index (χ3v) is 3.79. The number of nitrogens with one attached hydrogen (secondary N) is 1. The van der Waals surface area contributed by atoms with Crippen LogP contribution in [0.5, 0.6) is 0 Å². The smallest absolute Gasteiger partial charge is 0.244 e. The third-order valence-electron chi connectivity index (χ3n) is 3.46. The lowest BCUT2D eigenvalue weighted by molar-refractivity contribution is -0.118. The molecule has 1 aromatic carbocycles. The maximum Gasteiger partial charge on any atom is 0.244 e. The number of benzene rings is 1. The average molecular weight is 298 g/mol. The molecule has 2 unspecified atom stereocenters. The van der Waals surface area contributed by atoms with E-state index in [4.69, 9.17) is 11.6 Å². The van der Waals surface area contributed by atoms with Crippen molar-refractivity contribution in [2.45, 2.75) is 37.8 Å². The molecular weight excluding hydrogens is 281 g/mol. The van der Waals surface area contributed by atoms with Crippen molar-refractivity contribution < 1.29 is 14.3 Å². The van der Waals surface area contributed by atoms with E-state index >= 15 is 0 Å². The molecule has 0 bridgehead atoms. The van der Waals surface area contributed by atoms with E-state index in [9.17, 15) is 14.3 Å². The topological polar surface area (TPSA) is 49.3 Å². The normalized spacial score (nSPS) is 22.9. The molecule has 0 saturated heterocycles. The predicted octanol–water partition coefficient (Wildman–Crippen LogP) is 2.91. The molecule has 108 valence electrons. The minimum absolute atomic E-state index is 0.188. The molecule has 1 fully saturated rings. The number of hydrogen-bond donors (Lipinski definition) is 2. The van der Waals surface area contributed by atoms with E-state index < -0.39 is 11.9 Å². The molecule has 20 heavy (non-hydrogen) atoms. The highest BCUT2D eigenvalue weighted by Gasteiger charge is 2.23. The van der Waals surface area contributed by atoms with Crippen LogP contribution in [0.25, 0.3) is 6.08 Å². The van der Waals surface area contributed by atoms with E-state index in [1.807, 2.05) is 0 Å². The molecule has 1 aliphatic rings. The molecule has 1 amide bonds. The number of aliphatic hydroxyl groups is 1. The Morgan fingerprint density at radius 2 is 2.15 bits per heavy atom. The van der Waals surface area contributed by atoms with Crippen molar-refractivity contribution in [3.63, 3.8) is 0 Å². The molecule has 5 heteroatoms. The summed E-state index contributed by atoms with van der Waals surface area (Å²) >= 11 is 5.87. The number of amides is 1. The number of rotatable bonds is 3. The number of hydrogen-bond acceptors (Lipinski definition) is 2. The molecule has 2 atom stereocenters. The molecule has 1 aliphatic carbocycles. The van der Waals surface area contributed by atoms with E-state index in [1.165, 1.54) is 24.3 Å². The summed E-state index contributed by atoms with van der Waals surface area (Å²) in [7, 11) is 0. The SMILES string of the molecule is O=C(C=Cc1c(F)cccc1Cl)NC1CCCCC1O. The molecule has 1 saturated carbocycles.